The molecule has 1 aliphatic rings. The fourth-order valence-corrected chi connectivity index (χ4v) is 3.37. The lowest BCUT2D eigenvalue weighted by Gasteiger charge is -2.29. The van der Waals surface area contributed by atoms with E-state index in [1.807, 2.05) is 13.8 Å². The Bertz CT molecular complexity index is 320. The predicted octanol–water partition coefficient (Wildman–Crippen LogP) is 2.73. The summed E-state index contributed by atoms with van der Waals surface area (Å²) >= 11 is 0. The molecule has 1 saturated heterocycles. The number of aliphatic carboxylic acids is 1. The number of rotatable bonds is 8. The molecule has 0 aromatic rings. The van der Waals surface area contributed by atoms with Gasteiger partial charge in [0.15, 0.2) is 0 Å². The second-order valence-electron chi connectivity index (χ2n) is 7.08. The van der Waals surface area contributed by atoms with Crippen LogP contribution in [0.2, 0.25) is 0 Å². The lowest BCUT2D eigenvalue weighted by molar-refractivity contribution is -0.144. The second kappa shape index (κ2) is 7.41. The van der Waals surface area contributed by atoms with Crippen LogP contribution in [0.3, 0.4) is 0 Å². The Morgan fingerprint density at radius 1 is 1.40 bits per heavy atom. The third-order valence-electron chi connectivity index (χ3n) is 4.36. The van der Waals surface area contributed by atoms with E-state index in [0.29, 0.717) is 12.5 Å². The molecule has 1 aliphatic heterocycles. The SMILES string of the molecule is CC1CC(C)N(CCCCC(C)(NC(C)C)C(=O)O)C1. The molecule has 0 aliphatic carbocycles. The molecule has 4 nitrogen and oxygen atoms in total. The molecule has 0 amide bonds. The topological polar surface area (TPSA) is 52.6 Å². The molecule has 3 atom stereocenters. The van der Waals surface area contributed by atoms with E-state index in [0.717, 1.165) is 25.3 Å². The van der Waals surface area contributed by atoms with Crippen molar-refractivity contribution in [3.8, 4) is 0 Å². The predicted molar refractivity (Wildman–Crippen MR) is 83.0 cm³/mol. The largest absolute Gasteiger partial charge is 0.480 e. The van der Waals surface area contributed by atoms with Gasteiger partial charge in [-0.3, -0.25) is 10.1 Å². The van der Waals surface area contributed by atoms with Crippen molar-refractivity contribution in [2.75, 3.05) is 13.1 Å². The van der Waals surface area contributed by atoms with Crippen molar-refractivity contribution in [2.45, 2.75) is 77.9 Å². The highest BCUT2D eigenvalue weighted by Crippen LogP contribution is 2.23. The van der Waals surface area contributed by atoms with Gasteiger partial charge in [0.25, 0.3) is 0 Å². The number of unbranched alkanes of at least 4 members (excludes halogenated alkanes) is 1. The van der Waals surface area contributed by atoms with Crippen molar-refractivity contribution in [2.24, 2.45) is 5.92 Å². The molecule has 20 heavy (non-hydrogen) atoms. The highest BCUT2D eigenvalue weighted by molar-refractivity contribution is 5.78. The number of carbonyl (C=O) groups is 1. The lowest BCUT2D eigenvalue weighted by Crippen LogP contribution is -2.52. The normalized spacial score (nSPS) is 26.9. The number of carboxylic acid groups (broad SMARTS) is 1. The Hall–Kier alpha value is -0.610. The van der Waals surface area contributed by atoms with Crippen LogP contribution in [0.4, 0.5) is 0 Å². The van der Waals surface area contributed by atoms with E-state index >= 15 is 0 Å². The number of hydrogen-bond donors (Lipinski definition) is 2. The zero-order valence-corrected chi connectivity index (χ0v) is 13.8. The number of nitrogens with zero attached hydrogens (tertiary/aromatic N) is 1. The fourth-order valence-electron chi connectivity index (χ4n) is 3.37. The Balaban J connectivity index is 2.32. The quantitative estimate of drug-likeness (QED) is 0.673. The van der Waals surface area contributed by atoms with Crippen LogP contribution in [-0.4, -0.2) is 46.7 Å². The van der Waals surface area contributed by atoms with Crippen LogP contribution in [0.15, 0.2) is 0 Å². The number of likely N-dealkylation sites (tertiary alicyclic amines) is 1. The lowest BCUT2D eigenvalue weighted by atomic mass is 9.94. The maximum atomic E-state index is 11.4. The van der Waals surface area contributed by atoms with Crippen molar-refractivity contribution in [3.63, 3.8) is 0 Å². The molecule has 1 heterocycles. The monoisotopic (exact) mass is 284 g/mol. The van der Waals surface area contributed by atoms with E-state index in [9.17, 15) is 9.90 Å². The van der Waals surface area contributed by atoms with Crippen molar-refractivity contribution >= 4 is 5.97 Å². The molecule has 4 heteroatoms. The van der Waals surface area contributed by atoms with Crippen LogP contribution in [0, 0.1) is 5.92 Å². The first kappa shape index (κ1) is 17.4. The molecule has 0 aromatic carbocycles. The molecule has 118 valence electrons. The van der Waals surface area contributed by atoms with Gasteiger partial charge in [0.1, 0.15) is 5.54 Å². The van der Waals surface area contributed by atoms with Gasteiger partial charge < -0.3 is 10.0 Å². The third kappa shape index (κ3) is 5.06. The van der Waals surface area contributed by atoms with E-state index in [4.69, 9.17) is 0 Å². The summed E-state index contributed by atoms with van der Waals surface area (Å²) in [7, 11) is 0. The van der Waals surface area contributed by atoms with Crippen LogP contribution in [-0.2, 0) is 4.79 Å². The van der Waals surface area contributed by atoms with Gasteiger partial charge in [0.2, 0.25) is 0 Å². The summed E-state index contributed by atoms with van der Waals surface area (Å²) in [6, 6.07) is 0.875. The summed E-state index contributed by atoms with van der Waals surface area (Å²) < 4.78 is 0. The van der Waals surface area contributed by atoms with E-state index < -0.39 is 11.5 Å². The first-order chi connectivity index (χ1) is 9.24. The van der Waals surface area contributed by atoms with Crippen LogP contribution in [0.25, 0.3) is 0 Å². The molecule has 0 radical (unpaired) electrons. The Morgan fingerprint density at radius 3 is 2.50 bits per heavy atom. The molecule has 2 N–H and O–H groups in total. The van der Waals surface area contributed by atoms with Crippen LogP contribution in [0.1, 0.15) is 60.3 Å². The zero-order valence-electron chi connectivity index (χ0n) is 13.8. The van der Waals surface area contributed by atoms with Gasteiger partial charge in [-0.1, -0.05) is 6.92 Å². The van der Waals surface area contributed by atoms with Gasteiger partial charge in [-0.15, -0.1) is 0 Å². The molecular weight excluding hydrogens is 252 g/mol. The molecule has 0 aromatic heterocycles. The average molecular weight is 284 g/mol. The van der Waals surface area contributed by atoms with Gasteiger partial charge >= 0.3 is 5.97 Å². The van der Waals surface area contributed by atoms with Gasteiger partial charge in [-0.05, 0) is 65.8 Å². The number of carboxylic acids is 1. The second-order valence-corrected chi connectivity index (χ2v) is 7.08. The first-order valence-corrected chi connectivity index (χ1v) is 7.99. The molecule has 0 saturated carbocycles. The molecule has 1 fully saturated rings. The number of nitrogens with one attached hydrogen (secondary N) is 1. The van der Waals surface area contributed by atoms with Gasteiger partial charge in [0.05, 0.1) is 0 Å². The summed E-state index contributed by atoms with van der Waals surface area (Å²) in [6.07, 6.45) is 4.03. The minimum atomic E-state index is -0.794. The van der Waals surface area contributed by atoms with E-state index in [1.54, 1.807) is 6.92 Å². The maximum Gasteiger partial charge on any atom is 0.323 e. The molecule has 0 bridgehead atoms. The molecule has 0 spiro atoms. The minimum Gasteiger partial charge on any atom is -0.480 e. The smallest absolute Gasteiger partial charge is 0.323 e. The highest BCUT2D eigenvalue weighted by Gasteiger charge is 2.33. The summed E-state index contributed by atoms with van der Waals surface area (Å²) in [6.45, 7) is 12.7. The molecule has 1 rings (SSSR count). The van der Waals surface area contributed by atoms with Crippen LogP contribution < -0.4 is 5.32 Å². The highest BCUT2D eigenvalue weighted by atomic mass is 16.4. The Morgan fingerprint density at radius 2 is 2.05 bits per heavy atom. The minimum absolute atomic E-state index is 0.190. The maximum absolute atomic E-state index is 11.4. The van der Waals surface area contributed by atoms with Crippen molar-refractivity contribution in [1.82, 2.24) is 10.2 Å². The van der Waals surface area contributed by atoms with E-state index in [1.165, 1.54) is 13.0 Å². The van der Waals surface area contributed by atoms with Crippen molar-refractivity contribution in [1.29, 1.82) is 0 Å². The summed E-state index contributed by atoms with van der Waals surface area (Å²) in [4.78, 5) is 14.0. The van der Waals surface area contributed by atoms with Crippen LogP contribution in [0.5, 0.6) is 0 Å². The summed E-state index contributed by atoms with van der Waals surface area (Å²) in [5, 5.41) is 12.6. The molecular formula is C16H32N2O2. The first-order valence-electron chi connectivity index (χ1n) is 7.99. The molecule has 3 unspecified atom stereocenters. The van der Waals surface area contributed by atoms with E-state index in [2.05, 4.69) is 24.1 Å². The van der Waals surface area contributed by atoms with Gasteiger partial charge in [0, 0.05) is 18.6 Å². The third-order valence-corrected chi connectivity index (χ3v) is 4.36. The summed E-state index contributed by atoms with van der Waals surface area (Å²) in [5.74, 6) is 0.0613. The fraction of sp³-hybridized carbons (Fsp3) is 0.938. The number of hydrogen-bond acceptors (Lipinski definition) is 3. The van der Waals surface area contributed by atoms with Gasteiger partial charge in [-0.25, -0.2) is 0 Å². The average Bonchev–Trinajstić information content (AvgIpc) is 2.62. The standard InChI is InChI=1S/C16H32N2O2/c1-12(2)17-16(5,15(19)20)8-6-7-9-18-11-13(3)10-14(18)4/h12-14,17H,6-11H2,1-5H3,(H,19,20). The Labute approximate surface area is 123 Å². The Kier molecular flexibility index (Phi) is 6.46. The van der Waals surface area contributed by atoms with Crippen molar-refractivity contribution in [3.05, 3.63) is 0 Å². The summed E-state index contributed by atoms with van der Waals surface area (Å²) in [5.41, 5.74) is -0.794. The zero-order chi connectivity index (χ0) is 15.3. The van der Waals surface area contributed by atoms with E-state index in [-0.39, 0.29) is 6.04 Å². The van der Waals surface area contributed by atoms with Crippen LogP contribution >= 0.6 is 0 Å². The van der Waals surface area contributed by atoms with Crippen molar-refractivity contribution < 1.29 is 9.90 Å². The van der Waals surface area contributed by atoms with Gasteiger partial charge in [-0.2, -0.15) is 0 Å².